The van der Waals surface area contributed by atoms with Gasteiger partial charge in [-0.3, -0.25) is 0 Å². The van der Waals surface area contributed by atoms with Gasteiger partial charge in [-0.25, -0.2) is 0 Å². The zero-order chi connectivity index (χ0) is 50.3. The molecule has 9 atom stereocenters. The average Bonchev–Trinajstić information content (AvgIpc) is 3.95. The molecule has 69 heavy (non-hydrogen) atoms. The SMILES string of the molecule is CCCCCCCCCC[C@H]1C[C@H]1CCCCCCC[C@@H](O[Si](C)(C)C(C)(C)C)[C@@H](N)CO[C@@H]1O[C@H](CO[Si](c2ccccc2)(c2ccccc2)C(C)(C)C)[C@@H]2OC(C)(C)O[C@@H]2[C@H]1OCC=C(C)C. The van der Waals surface area contributed by atoms with Gasteiger partial charge in [0.15, 0.2) is 20.4 Å². The largest absolute Gasteiger partial charge is 0.412 e. The fourth-order valence-corrected chi connectivity index (χ4v) is 16.6. The molecule has 2 N–H and O–H groups in total. The first-order chi connectivity index (χ1) is 32.7. The zero-order valence-corrected chi connectivity index (χ0v) is 48.1. The number of ether oxygens (including phenoxy) is 5. The zero-order valence-electron chi connectivity index (χ0n) is 46.1. The van der Waals surface area contributed by atoms with Crippen molar-refractivity contribution in [2.24, 2.45) is 17.6 Å². The van der Waals surface area contributed by atoms with Gasteiger partial charge in [0.2, 0.25) is 0 Å². The summed E-state index contributed by atoms with van der Waals surface area (Å²) >= 11 is 0. The summed E-state index contributed by atoms with van der Waals surface area (Å²) in [4.78, 5) is 0. The van der Waals surface area contributed by atoms with Crippen molar-refractivity contribution in [3.8, 4) is 0 Å². The summed E-state index contributed by atoms with van der Waals surface area (Å²) in [5.74, 6) is 1.16. The minimum absolute atomic E-state index is 0.0526. The number of unbranched alkanes of at least 4 members (excludes halogenated alkanes) is 11. The molecule has 2 heterocycles. The monoisotopic (exact) mass is 992 g/mol. The Morgan fingerprint density at radius 1 is 0.725 bits per heavy atom. The quantitative estimate of drug-likeness (QED) is 0.0454. The highest BCUT2D eigenvalue weighted by Crippen LogP contribution is 2.46. The number of rotatable bonds is 31. The van der Waals surface area contributed by atoms with E-state index in [2.05, 4.69) is 142 Å². The maximum atomic E-state index is 7.49. The molecule has 2 saturated heterocycles. The summed E-state index contributed by atoms with van der Waals surface area (Å²) in [6.45, 7) is 29.8. The molecule has 0 unspecified atom stereocenters. The van der Waals surface area contributed by atoms with E-state index in [0.717, 1.165) is 24.7 Å². The molecule has 3 fully saturated rings. The van der Waals surface area contributed by atoms with Crippen LogP contribution in [0.3, 0.4) is 0 Å². The van der Waals surface area contributed by atoms with Crippen molar-refractivity contribution in [3.05, 3.63) is 72.3 Å². The van der Waals surface area contributed by atoms with Gasteiger partial charge in [-0.05, 0) is 85.9 Å². The summed E-state index contributed by atoms with van der Waals surface area (Å²) in [6.07, 6.45) is 22.1. The van der Waals surface area contributed by atoms with E-state index in [1.165, 1.54) is 112 Å². The molecule has 2 aromatic carbocycles. The molecule has 8 nitrogen and oxygen atoms in total. The molecule has 0 radical (unpaired) electrons. The third-order valence-electron chi connectivity index (χ3n) is 15.8. The minimum Gasteiger partial charge on any atom is -0.412 e. The van der Waals surface area contributed by atoms with E-state index in [1.807, 2.05) is 13.8 Å². The van der Waals surface area contributed by atoms with Gasteiger partial charge < -0.3 is 38.3 Å². The summed E-state index contributed by atoms with van der Waals surface area (Å²) in [6, 6.07) is 21.1. The number of allylic oxidation sites excluding steroid dienone is 1. The minimum atomic E-state index is -2.90. The molecule has 392 valence electrons. The van der Waals surface area contributed by atoms with Crippen molar-refractivity contribution >= 4 is 27.0 Å². The Balaban J connectivity index is 1.24. The van der Waals surface area contributed by atoms with Gasteiger partial charge in [-0.2, -0.15) is 0 Å². The van der Waals surface area contributed by atoms with Crippen LogP contribution in [0.15, 0.2) is 72.3 Å². The molecule has 0 bridgehead atoms. The molecule has 0 amide bonds. The van der Waals surface area contributed by atoms with E-state index in [0.29, 0.717) is 6.61 Å². The van der Waals surface area contributed by atoms with Crippen molar-refractivity contribution in [2.75, 3.05) is 19.8 Å². The molecule has 3 aliphatic rings. The van der Waals surface area contributed by atoms with Crippen molar-refractivity contribution < 1.29 is 32.5 Å². The first kappa shape index (κ1) is 58.2. The van der Waals surface area contributed by atoms with E-state index in [4.69, 9.17) is 38.3 Å². The molecule has 5 rings (SSSR count). The third-order valence-corrected chi connectivity index (χ3v) is 25.3. The van der Waals surface area contributed by atoms with Crippen LogP contribution < -0.4 is 16.1 Å². The predicted octanol–water partition coefficient (Wildman–Crippen LogP) is 13.8. The maximum absolute atomic E-state index is 7.49. The average molecular weight is 993 g/mol. The van der Waals surface area contributed by atoms with Gasteiger partial charge in [0, 0.05) is 0 Å². The van der Waals surface area contributed by atoms with E-state index in [-0.39, 0.29) is 35.4 Å². The molecule has 10 heteroatoms. The predicted molar refractivity (Wildman–Crippen MR) is 292 cm³/mol. The van der Waals surface area contributed by atoms with Crippen LogP contribution in [-0.2, 0) is 32.5 Å². The normalized spacial score (nSPS) is 24.8. The number of benzene rings is 2. The van der Waals surface area contributed by atoms with E-state index < -0.39 is 53.1 Å². The lowest BCUT2D eigenvalue weighted by atomic mass is 9.99. The van der Waals surface area contributed by atoms with Gasteiger partial charge in [-0.1, -0.05) is 217 Å². The Morgan fingerprint density at radius 3 is 1.77 bits per heavy atom. The van der Waals surface area contributed by atoms with Gasteiger partial charge >= 0.3 is 0 Å². The first-order valence-corrected chi connectivity index (χ1v) is 32.6. The van der Waals surface area contributed by atoms with Crippen molar-refractivity contribution in [1.29, 1.82) is 0 Å². The maximum Gasteiger partial charge on any atom is 0.261 e. The van der Waals surface area contributed by atoms with Crippen molar-refractivity contribution in [3.63, 3.8) is 0 Å². The molecule has 2 aliphatic heterocycles. The van der Waals surface area contributed by atoms with Gasteiger partial charge in [0.25, 0.3) is 8.32 Å². The Bertz CT molecular complexity index is 1730. The second-order valence-electron chi connectivity index (χ2n) is 24.4. The Morgan fingerprint density at radius 2 is 1.25 bits per heavy atom. The van der Waals surface area contributed by atoms with Gasteiger partial charge in [0.05, 0.1) is 32.0 Å². The first-order valence-electron chi connectivity index (χ1n) is 27.7. The second-order valence-corrected chi connectivity index (χ2v) is 33.5. The van der Waals surface area contributed by atoms with Crippen LogP contribution in [0.1, 0.15) is 185 Å². The topological polar surface area (TPSA) is 90.6 Å². The van der Waals surface area contributed by atoms with Gasteiger partial charge in [-0.15, -0.1) is 0 Å². The number of hydrogen-bond donors (Lipinski definition) is 1. The Kier molecular flexibility index (Phi) is 22.8. The number of hydrogen-bond acceptors (Lipinski definition) is 8. The van der Waals surface area contributed by atoms with Crippen LogP contribution >= 0.6 is 0 Å². The third kappa shape index (κ3) is 17.2. The van der Waals surface area contributed by atoms with E-state index in [9.17, 15) is 0 Å². The van der Waals surface area contributed by atoms with Crippen LogP contribution in [0.25, 0.3) is 0 Å². The highest BCUT2D eigenvalue weighted by Gasteiger charge is 2.58. The fraction of sp³-hybridized carbons (Fsp3) is 0.763. The molecular weight excluding hydrogens is 891 g/mol. The highest BCUT2D eigenvalue weighted by molar-refractivity contribution is 6.99. The highest BCUT2D eigenvalue weighted by atomic mass is 28.4. The second kappa shape index (κ2) is 27.0. The number of nitrogens with two attached hydrogens (primary N) is 1. The molecule has 0 aromatic heterocycles. The molecule has 0 spiro atoms. The van der Waals surface area contributed by atoms with Crippen LogP contribution in [0, 0.1) is 11.8 Å². The fourth-order valence-electron chi connectivity index (χ4n) is 10.6. The molecule has 2 aromatic rings. The van der Waals surface area contributed by atoms with Crippen LogP contribution in [0.4, 0.5) is 0 Å². The lowest BCUT2D eigenvalue weighted by Crippen LogP contribution is -2.68. The Hall–Kier alpha value is -1.71. The van der Waals surface area contributed by atoms with Crippen LogP contribution in [-0.4, -0.2) is 85.1 Å². The Labute approximate surface area is 424 Å². The van der Waals surface area contributed by atoms with E-state index in [1.54, 1.807) is 0 Å². The van der Waals surface area contributed by atoms with Crippen molar-refractivity contribution in [2.45, 2.75) is 257 Å². The van der Waals surface area contributed by atoms with Crippen molar-refractivity contribution in [1.82, 2.24) is 0 Å². The van der Waals surface area contributed by atoms with Gasteiger partial charge in [0.1, 0.15) is 24.4 Å². The van der Waals surface area contributed by atoms with E-state index >= 15 is 0 Å². The van der Waals surface area contributed by atoms with Crippen LogP contribution in [0.5, 0.6) is 0 Å². The molecular formula is C59H101NO7Si2. The standard InChI is InChI=1S/C59H101NO7Si2/c1-14-15-16-17-18-19-21-26-33-46-42-47(46)34-27-22-20-23-32-39-51(67-68(12,13)57(4,5)6)50(60)43-62-56-55(61-41-40-45(2)3)54-53(65-59(10,11)66-54)52(64-56)44-63-69(58(7,8)9,48-35-28-24-29-36-48)49-37-30-25-31-38-49/h24-25,28-31,35-38,40,46-47,50-56H,14-23,26-27,32-34,39,41-44,60H2,1-13H3/t46-,47+,50-,51+,52+,53-,54-,55+,56+/m0/s1. The summed E-state index contributed by atoms with van der Waals surface area (Å²) in [5.41, 5.74) is 8.41. The molecule has 1 saturated carbocycles. The smallest absolute Gasteiger partial charge is 0.261 e. The molecule has 1 aliphatic carbocycles. The van der Waals surface area contributed by atoms with Crippen LogP contribution in [0.2, 0.25) is 23.2 Å². The summed E-state index contributed by atoms with van der Waals surface area (Å²) in [7, 11) is -5.05. The lowest BCUT2D eigenvalue weighted by molar-refractivity contribution is -0.290. The summed E-state index contributed by atoms with van der Waals surface area (Å²) < 4.78 is 48.7. The number of fused-ring (bicyclic) bond motifs is 1. The summed E-state index contributed by atoms with van der Waals surface area (Å²) in [5, 5.41) is 2.27. The lowest BCUT2D eigenvalue weighted by Gasteiger charge is -2.46.